The van der Waals surface area contributed by atoms with Gasteiger partial charge in [0.1, 0.15) is 24.4 Å². The van der Waals surface area contributed by atoms with Gasteiger partial charge in [-0.2, -0.15) is 0 Å². The molecule has 0 bridgehead atoms. The number of nitrogens with zero attached hydrogens (tertiary/aromatic N) is 1. The van der Waals surface area contributed by atoms with Gasteiger partial charge in [-0.3, -0.25) is 5.84 Å². The Labute approximate surface area is 189 Å². The molecule has 4 rings (SSSR count). The second kappa shape index (κ2) is 11.3. The molecule has 0 aliphatic carbocycles. The van der Waals surface area contributed by atoms with Crippen LogP contribution in [0.5, 0.6) is 0 Å². The molecule has 1 aliphatic rings. The minimum Gasteiger partial charge on any atom is -0.375 e. The minimum atomic E-state index is -0.384. The predicted molar refractivity (Wildman–Crippen MR) is 123 cm³/mol. The largest absolute Gasteiger partial charge is 0.375 e. The van der Waals surface area contributed by atoms with Crippen LogP contribution in [0.25, 0.3) is 0 Å². The van der Waals surface area contributed by atoms with Crippen LogP contribution >= 0.6 is 0 Å². The molecule has 1 fully saturated rings. The minimum absolute atomic E-state index is 0.113. The molecule has 1 heterocycles. The van der Waals surface area contributed by atoms with Crippen molar-refractivity contribution in [2.75, 3.05) is 6.61 Å². The van der Waals surface area contributed by atoms with E-state index in [1.165, 1.54) is 0 Å². The highest BCUT2D eigenvalue weighted by Gasteiger charge is 2.50. The SMILES string of the molecule is NC1[C@H](OCc2ccccc2)[C@@H](OCc2ccccc2)[C@H](COCc2ccccc2)N1[NH3+]. The summed E-state index contributed by atoms with van der Waals surface area (Å²) in [6.45, 7) is 1.93. The first-order valence-corrected chi connectivity index (χ1v) is 11.0. The number of hydrogen-bond donors (Lipinski definition) is 2. The first kappa shape index (κ1) is 22.6. The van der Waals surface area contributed by atoms with Crippen molar-refractivity contribution in [2.45, 2.75) is 44.2 Å². The van der Waals surface area contributed by atoms with Crippen molar-refractivity contribution in [3.05, 3.63) is 108 Å². The van der Waals surface area contributed by atoms with E-state index in [4.69, 9.17) is 19.9 Å². The molecule has 0 amide bonds. The number of hydrogen-bond acceptors (Lipinski definition) is 5. The van der Waals surface area contributed by atoms with Gasteiger partial charge >= 0.3 is 0 Å². The summed E-state index contributed by atoms with van der Waals surface area (Å²) in [7, 11) is 0. The van der Waals surface area contributed by atoms with E-state index < -0.39 is 0 Å². The lowest BCUT2D eigenvalue weighted by Crippen LogP contribution is -2.75. The van der Waals surface area contributed by atoms with Gasteiger partial charge in [0, 0.05) is 0 Å². The average Bonchev–Trinajstić information content (AvgIpc) is 3.07. The average molecular weight is 435 g/mol. The van der Waals surface area contributed by atoms with Gasteiger partial charge in [-0.1, -0.05) is 91.0 Å². The Morgan fingerprint density at radius 1 is 0.656 bits per heavy atom. The summed E-state index contributed by atoms with van der Waals surface area (Å²) in [6, 6.07) is 30.2. The van der Waals surface area contributed by atoms with E-state index >= 15 is 0 Å². The highest BCUT2D eigenvalue weighted by molar-refractivity contribution is 5.15. The number of quaternary nitrogens is 1. The van der Waals surface area contributed by atoms with E-state index in [0.717, 1.165) is 16.7 Å². The lowest BCUT2D eigenvalue weighted by molar-refractivity contribution is -0.593. The lowest BCUT2D eigenvalue weighted by atomic mass is 10.1. The molecule has 0 aromatic heterocycles. The maximum atomic E-state index is 6.52. The highest BCUT2D eigenvalue weighted by Crippen LogP contribution is 2.27. The van der Waals surface area contributed by atoms with Crippen molar-refractivity contribution in [1.82, 2.24) is 5.01 Å². The van der Waals surface area contributed by atoms with Gasteiger partial charge in [0.05, 0.1) is 26.4 Å². The maximum Gasteiger partial charge on any atom is 0.135 e. The van der Waals surface area contributed by atoms with E-state index in [9.17, 15) is 0 Å². The molecule has 4 atom stereocenters. The predicted octanol–water partition coefficient (Wildman–Crippen LogP) is 2.50. The first-order valence-electron chi connectivity index (χ1n) is 11.0. The van der Waals surface area contributed by atoms with Crippen molar-refractivity contribution in [1.29, 1.82) is 0 Å². The van der Waals surface area contributed by atoms with Crippen LogP contribution in [0.15, 0.2) is 91.0 Å². The van der Waals surface area contributed by atoms with E-state index in [1.807, 2.05) is 71.7 Å². The standard InChI is InChI=1S/C26H31N3O3/c27-26-25(32-18-22-14-8-3-9-15-22)24(31-17-21-12-6-2-7-13-21)23(29(26)28)19-30-16-20-10-4-1-5-11-20/h1-15,23-26H,16-19,27-28H2/p+1/t23-,24-,25+,26?/m0/s1. The van der Waals surface area contributed by atoms with Crippen LogP contribution in [0.2, 0.25) is 0 Å². The molecular formula is C26H32N3O3+. The molecule has 5 N–H and O–H groups in total. The van der Waals surface area contributed by atoms with Crippen LogP contribution < -0.4 is 11.6 Å². The van der Waals surface area contributed by atoms with Gasteiger partial charge in [0.2, 0.25) is 0 Å². The second-order valence-corrected chi connectivity index (χ2v) is 8.10. The van der Waals surface area contributed by atoms with Gasteiger partial charge in [-0.05, 0) is 16.7 Å². The third kappa shape index (κ3) is 5.81. The normalized spacial score (nSPS) is 23.4. The molecule has 1 unspecified atom stereocenters. The molecular weight excluding hydrogens is 402 g/mol. The van der Waals surface area contributed by atoms with Crippen LogP contribution in [0.3, 0.4) is 0 Å². The number of benzene rings is 3. The van der Waals surface area contributed by atoms with Gasteiger partial charge in [-0.15, -0.1) is 5.01 Å². The van der Waals surface area contributed by atoms with E-state index in [-0.39, 0.29) is 24.4 Å². The fourth-order valence-corrected chi connectivity index (χ4v) is 4.01. The van der Waals surface area contributed by atoms with Crippen LogP contribution in [-0.4, -0.2) is 36.0 Å². The van der Waals surface area contributed by atoms with Crippen molar-refractivity contribution in [3.8, 4) is 0 Å². The molecule has 1 saturated heterocycles. The summed E-state index contributed by atoms with van der Waals surface area (Å²) >= 11 is 0. The Bertz CT molecular complexity index is 927. The van der Waals surface area contributed by atoms with Crippen LogP contribution in [0.4, 0.5) is 0 Å². The molecule has 0 saturated carbocycles. The summed E-state index contributed by atoms with van der Waals surface area (Å²) in [5.74, 6) is 4.20. The topological polar surface area (TPSA) is 84.6 Å². The molecule has 6 nitrogen and oxygen atoms in total. The van der Waals surface area contributed by atoms with Crippen LogP contribution in [0, 0.1) is 0 Å². The monoisotopic (exact) mass is 434 g/mol. The lowest BCUT2D eigenvalue weighted by Gasteiger charge is -2.25. The van der Waals surface area contributed by atoms with Crippen LogP contribution in [-0.2, 0) is 34.0 Å². The zero-order valence-corrected chi connectivity index (χ0v) is 18.3. The maximum absolute atomic E-state index is 6.52. The molecule has 6 heteroatoms. The zero-order chi connectivity index (χ0) is 22.2. The second-order valence-electron chi connectivity index (χ2n) is 8.10. The van der Waals surface area contributed by atoms with Gasteiger partial charge < -0.3 is 19.9 Å². The van der Waals surface area contributed by atoms with Crippen molar-refractivity contribution >= 4 is 0 Å². The van der Waals surface area contributed by atoms with Crippen molar-refractivity contribution < 1.29 is 20.1 Å². The van der Waals surface area contributed by atoms with E-state index in [0.29, 0.717) is 26.4 Å². The number of nitrogens with two attached hydrogens (primary N) is 1. The summed E-state index contributed by atoms with van der Waals surface area (Å²) in [5, 5.41) is 1.87. The molecule has 0 spiro atoms. The Balaban J connectivity index is 1.44. The highest BCUT2D eigenvalue weighted by atomic mass is 16.5. The van der Waals surface area contributed by atoms with Crippen molar-refractivity contribution in [2.24, 2.45) is 5.73 Å². The smallest absolute Gasteiger partial charge is 0.135 e. The molecule has 1 aliphatic heterocycles. The zero-order valence-electron chi connectivity index (χ0n) is 18.3. The molecule has 0 radical (unpaired) electrons. The number of ether oxygens (including phenoxy) is 3. The fourth-order valence-electron chi connectivity index (χ4n) is 4.01. The van der Waals surface area contributed by atoms with Gasteiger partial charge in [0.15, 0.2) is 0 Å². The fraction of sp³-hybridized carbons (Fsp3) is 0.308. The Kier molecular flexibility index (Phi) is 8.01. The van der Waals surface area contributed by atoms with Crippen molar-refractivity contribution in [3.63, 3.8) is 0 Å². The Morgan fingerprint density at radius 3 is 1.59 bits per heavy atom. The first-order chi connectivity index (χ1) is 15.7. The molecule has 168 valence electrons. The van der Waals surface area contributed by atoms with E-state index in [1.54, 1.807) is 0 Å². The van der Waals surface area contributed by atoms with E-state index in [2.05, 4.69) is 30.1 Å². The summed E-state index contributed by atoms with van der Waals surface area (Å²) < 4.78 is 18.7. The molecule has 3 aromatic carbocycles. The number of rotatable bonds is 10. The summed E-state index contributed by atoms with van der Waals surface area (Å²) in [4.78, 5) is 0. The molecule has 32 heavy (non-hydrogen) atoms. The molecule has 3 aromatic rings. The van der Waals surface area contributed by atoms with Gasteiger partial charge in [-0.25, -0.2) is 0 Å². The Morgan fingerprint density at radius 2 is 1.09 bits per heavy atom. The quantitative estimate of drug-likeness (QED) is 0.512. The van der Waals surface area contributed by atoms with Crippen LogP contribution in [0.1, 0.15) is 16.7 Å². The third-order valence-electron chi connectivity index (χ3n) is 5.82. The third-order valence-corrected chi connectivity index (χ3v) is 5.82. The summed E-state index contributed by atoms with van der Waals surface area (Å²) in [6.07, 6.45) is -0.964. The Hall–Kier alpha value is -2.58. The summed E-state index contributed by atoms with van der Waals surface area (Å²) in [5.41, 5.74) is 9.85. The van der Waals surface area contributed by atoms with Gasteiger partial charge in [0.25, 0.3) is 0 Å².